The average Bonchev–Trinajstić information content (AvgIpc) is 2.88. The highest BCUT2D eigenvalue weighted by Crippen LogP contribution is 2.31. The van der Waals surface area contributed by atoms with Crippen molar-refractivity contribution in [2.24, 2.45) is 17.8 Å². The second-order valence-electron chi connectivity index (χ2n) is 11.6. The Morgan fingerprint density at radius 2 is 1.18 bits per heavy atom. The van der Waals surface area contributed by atoms with Crippen molar-refractivity contribution in [3.05, 3.63) is 0 Å². The molecular weight excluding hydrogens is 516 g/mol. The van der Waals surface area contributed by atoms with E-state index in [4.69, 9.17) is 14.9 Å². The molecule has 0 amide bonds. The zero-order valence-electron chi connectivity index (χ0n) is 23.5. The first-order chi connectivity index (χ1) is 18.2. The van der Waals surface area contributed by atoms with E-state index in [9.17, 15) is 46.0 Å². The summed E-state index contributed by atoms with van der Waals surface area (Å²) >= 11 is 0. The van der Waals surface area contributed by atoms with Crippen LogP contribution in [0.15, 0.2) is 0 Å². The quantitative estimate of drug-likeness (QED) is 0.0811. The maximum Gasteiger partial charge on any atom is 0.106 e. The molecule has 0 saturated carbocycles. The van der Waals surface area contributed by atoms with E-state index < -0.39 is 79.5 Å². The van der Waals surface area contributed by atoms with E-state index in [2.05, 4.69) is 0 Å². The van der Waals surface area contributed by atoms with E-state index in [0.29, 0.717) is 6.42 Å². The van der Waals surface area contributed by atoms with Gasteiger partial charge in [0.15, 0.2) is 0 Å². The summed E-state index contributed by atoms with van der Waals surface area (Å²) in [5.74, 6) is -1.43. The number of ether oxygens (including phenoxy) is 1. The zero-order chi connectivity index (χ0) is 29.9. The molecule has 12 heteroatoms. The first kappa shape index (κ1) is 36.5. The maximum absolute atomic E-state index is 10.6. The lowest BCUT2D eigenvalue weighted by molar-refractivity contribution is -0.134. The third kappa shape index (κ3) is 12.5. The first-order valence-corrected chi connectivity index (χ1v) is 14.2. The van der Waals surface area contributed by atoms with Crippen molar-refractivity contribution >= 4 is 0 Å². The summed E-state index contributed by atoms with van der Waals surface area (Å²) in [6.07, 6.45) is -10.2. The van der Waals surface area contributed by atoms with Gasteiger partial charge in [0.2, 0.25) is 0 Å². The van der Waals surface area contributed by atoms with Crippen molar-refractivity contribution in [2.45, 2.75) is 139 Å². The van der Waals surface area contributed by atoms with Crippen LogP contribution in [0.1, 0.15) is 72.1 Å². The van der Waals surface area contributed by atoms with Gasteiger partial charge in [-0.3, -0.25) is 0 Å². The Morgan fingerprint density at radius 1 is 0.641 bits per heavy atom. The molecule has 14 unspecified atom stereocenters. The largest absolute Gasteiger partial charge is 0.396 e. The smallest absolute Gasteiger partial charge is 0.106 e. The molecule has 0 aliphatic carbocycles. The SMILES string of the molecule is CC1CCC(CC(O)CCO)OC1CC(O)C(O)C(O)CC(O)C(C)C(O)CC(O)CC(O)C(C)C(O)CO. The van der Waals surface area contributed by atoms with E-state index in [1.165, 1.54) is 13.8 Å². The van der Waals surface area contributed by atoms with Gasteiger partial charge in [-0.25, -0.2) is 0 Å². The summed E-state index contributed by atoms with van der Waals surface area (Å²) < 4.78 is 6.02. The van der Waals surface area contributed by atoms with Gasteiger partial charge in [0.05, 0.1) is 67.6 Å². The molecule has 0 spiro atoms. The Balaban J connectivity index is 2.55. The summed E-state index contributed by atoms with van der Waals surface area (Å²) in [5, 5.41) is 110. The molecule has 39 heavy (non-hydrogen) atoms. The molecule has 0 bridgehead atoms. The fourth-order valence-electron chi connectivity index (χ4n) is 5.11. The second-order valence-corrected chi connectivity index (χ2v) is 11.6. The molecule has 14 atom stereocenters. The van der Waals surface area contributed by atoms with Gasteiger partial charge in [-0.1, -0.05) is 20.8 Å². The lowest BCUT2D eigenvalue weighted by Gasteiger charge is -2.38. The van der Waals surface area contributed by atoms with Gasteiger partial charge < -0.3 is 60.9 Å². The minimum atomic E-state index is -1.58. The van der Waals surface area contributed by atoms with Gasteiger partial charge in [0, 0.05) is 31.3 Å². The topological polar surface area (TPSA) is 232 Å². The van der Waals surface area contributed by atoms with Gasteiger partial charge in [-0.05, 0) is 44.4 Å². The van der Waals surface area contributed by atoms with E-state index in [1.807, 2.05) is 6.92 Å². The van der Waals surface area contributed by atoms with Crippen LogP contribution in [0.3, 0.4) is 0 Å². The summed E-state index contributed by atoms with van der Waals surface area (Å²) in [4.78, 5) is 0. The number of hydrogen-bond donors (Lipinski definition) is 11. The Bertz CT molecular complexity index is 642. The predicted molar refractivity (Wildman–Crippen MR) is 141 cm³/mol. The molecule has 1 rings (SSSR count). The first-order valence-electron chi connectivity index (χ1n) is 14.2. The predicted octanol–water partition coefficient (Wildman–Crippen LogP) is -1.98. The van der Waals surface area contributed by atoms with Crippen molar-refractivity contribution < 1.29 is 60.9 Å². The van der Waals surface area contributed by atoms with Gasteiger partial charge in [-0.15, -0.1) is 0 Å². The molecule has 1 aliphatic heterocycles. The highest BCUT2D eigenvalue weighted by molar-refractivity contribution is 4.86. The van der Waals surface area contributed by atoms with Crippen LogP contribution in [0, 0.1) is 17.8 Å². The number of aliphatic hydroxyl groups is 11. The summed E-state index contributed by atoms with van der Waals surface area (Å²) in [7, 11) is 0. The van der Waals surface area contributed by atoms with Crippen molar-refractivity contribution in [1.82, 2.24) is 0 Å². The Morgan fingerprint density at radius 3 is 1.72 bits per heavy atom. The van der Waals surface area contributed by atoms with Crippen LogP contribution < -0.4 is 0 Å². The van der Waals surface area contributed by atoms with Crippen LogP contribution in [-0.2, 0) is 4.74 Å². The molecule has 1 aliphatic rings. The number of rotatable bonds is 19. The number of hydrogen-bond acceptors (Lipinski definition) is 12. The van der Waals surface area contributed by atoms with E-state index in [0.717, 1.165) is 12.8 Å². The van der Waals surface area contributed by atoms with Crippen molar-refractivity contribution in [3.8, 4) is 0 Å². The monoisotopic (exact) mass is 570 g/mol. The van der Waals surface area contributed by atoms with Gasteiger partial charge in [0.25, 0.3) is 0 Å². The van der Waals surface area contributed by atoms with Crippen LogP contribution in [0.4, 0.5) is 0 Å². The van der Waals surface area contributed by atoms with Gasteiger partial charge in [-0.2, -0.15) is 0 Å². The lowest BCUT2D eigenvalue weighted by atomic mass is 9.85. The molecule has 1 heterocycles. The standard InChI is InChI=1S/C27H54O12/c1-14-4-5-19(8-17(30)6-7-28)39-26(14)12-24(36)27(38)23(35)11-22(34)15(2)20(32)9-18(31)10-21(33)16(3)25(37)13-29/h14-38H,4-13H2,1-3H3. The van der Waals surface area contributed by atoms with Crippen LogP contribution >= 0.6 is 0 Å². The van der Waals surface area contributed by atoms with Crippen LogP contribution in [0.2, 0.25) is 0 Å². The summed E-state index contributed by atoms with van der Waals surface area (Å²) in [6, 6.07) is 0. The molecule has 234 valence electrons. The van der Waals surface area contributed by atoms with Crippen LogP contribution in [0.25, 0.3) is 0 Å². The molecule has 0 aromatic rings. The maximum atomic E-state index is 10.6. The average molecular weight is 571 g/mol. The normalized spacial score (nSPS) is 28.9. The van der Waals surface area contributed by atoms with Gasteiger partial charge >= 0.3 is 0 Å². The highest BCUT2D eigenvalue weighted by atomic mass is 16.5. The molecule has 1 saturated heterocycles. The zero-order valence-corrected chi connectivity index (χ0v) is 23.5. The second kappa shape index (κ2) is 18.1. The molecular formula is C27H54O12. The molecule has 1 fully saturated rings. The minimum absolute atomic E-state index is 0.0399. The van der Waals surface area contributed by atoms with E-state index in [1.54, 1.807) is 0 Å². The van der Waals surface area contributed by atoms with E-state index >= 15 is 0 Å². The molecule has 11 N–H and O–H groups in total. The van der Waals surface area contributed by atoms with Crippen molar-refractivity contribution in [3.63, 3.8) is 0 Å². The van der Waals surface area contributed by atoms with Crippen molar-refractivity contribution in [2.75, 3.05) is 13.2 Å². The molecule has 0 aromatic carbocycles. The Hall–Kier alpha value is -0.480. The summed E-state index contributed by atoms with van der Waals surface area (Å²) in [6.45, 7) is 4.32. The minimum Gasteiger partial charge on any atom is -0.396 e. The fourth-order valence-corrected chi connectivity index (χ4v) is 5.11. The van der Waals surface area contributed by atoms with E-state index in [-0.39, 0.29) is 50.7 Å². The van der Waals surface area contributed by atoms with Crippen molar-refractivity contribution in [1.29, 1.82) is 0 Å². The van der Waals surface area contributed by atoms with Crippen LogP contribution in [-0.4, -0.2) is 137 Å². The Kier molecular flexibility index (Phi) is 17.0. The molecule has 12 nitrogen and oxygen atoms in total. The highest BCUT2D eigenvalue weighted by Gasteiger charge is 2.36. The summed E-state index contributed by atoms with van der Waals surface area (Å²) in [5.41, 5.74) is 0. The third-order valence-corrected chi connectivity index (χ3v) is 8.33. The Labute approximate surface area is 231 Å². The van der Waals surface area contributed by atoms with Crippen LogP contribution in [0.5, 0.6) is 0 Å². The fraction of sp³-hybridized carbons (Fsp3) is 1.00. The molecule has 0 radical (unpaired) electrons. The van der Waals surface area contributed by atoms with Gasteiger partial charge in [0.1, 0.15) is 6.10 Å². The lowest BCUT2D eigenvalue weighted by Crippen LogP contribution is -2.45. The number of aliphatic hydroxyl groups excluding tert-OH is 11. The third-order valence-electron chi connectivity index (χ3n) is 8.33. The molecule has 0 aromatic heterocycles.